The minimum atomic E-state index is -0.710. The number of aromatic nitrogens is 1. The second-order valence-corrected chi connectivity index (χ2v) is 13.2. The lowest BCUT2D eigenvalue weighted by molar-refractivity contribution is -0.113. The molecule has 0 spiro atoms. The molecule has 238 valence electrons. The molecule has 1 atom stereocenters. The van der Waals surface area contributed by atoms with E-state index in [9.17, 15) is 9.59 Å². The van der Waals surface area contributed by atoms with Crippen LogP contribution in [0.25, 0.3) is 16.8 Å². The second kappa shape index (κ2) is 13.5. The van der Waals surface area contributed by atoms with Crippen LogP contribution in [0.4, 0.5) is 5.69 Å². The van der Waals surface area contributed by atoms with Crippen LogP contribution in [-0.2, 0) is 11.4 Å². The average Bonchev–Trinajstić information content (AvgIpc) is 3.42. The fourth-order valence-corrected chi connectivity index (χ4v) is 7.15. The zero-order valence-corrected chi connectivity index (χ0v) is 28.5. The van der Waals surface area contributed by atoms with E-state index >= 15 is 0 Å². The summed E-state index contributed by atoms with van der Waals surface area (Å²) >= 11 is 4.78. The topological polar surface area (TPSA) is 81.9 Å². The van der Waals surface area contributed by atoms with E-state index in [1.54, 1.807) is 11.7 Å². The van der Waals surface area contributed by atoms with Crippen molar-refractivity contribution in [2.75, 3.05) is 12.4 Å². The van der Waals surface area contributed by atoms with Gasteiger partial charge in [-0.15, -0.1) is 0 Å². The zero-order chi connectivity index (χ0) is 33.2. The number of carbonyl (C=O) groups is 1. The summed E-state index contributed by atoms with van der Waals surface area (Å²) in [5.74, 6) is 1.01. The van der Waals surface area contributed by atoms with E-state index in [1.165, 1.54) is 11.3 Å². The first-order chi connectivity index (χ1) is 23.4. The molecule has 7 rings (SSSR count). The Morgan fingerprint density at radius 2 is 1.67 bits per heavy atom. The fourth-order valence-electron chi connectivity index (χ4n) is 5.86. The lowest BCUT2D eigenvalue weighted by Gasteiger charge is -2.25. The molecule has 48 heavy (non-hydrogen) atoms. The van der Waals surface area contributed by atoms with Gasteiger partial charge in [0.1, 0.15) is 18.1 Å². The van der Waals surface area contributed by atoms with E-state index in [4.69, 9.17) is 14.5 Å². The highest BCUT2D eigenvalue weighted by atomic mass is 79.9. The van der Waals surface area contributed by atoms with Crippen LogP contribution in [0, 0.1) is 0 Å². The van der Waals surface area contributed by atoms with Crippen molar-refractivity contribution >= 4 is 55.7 Å². The first kappa shape index (κ1) is 31.4. The van der Waals surface area contributed by atoms with Crippen LogP contribution < -0.4 is 29.7 Å². The quantitative estimate of drug-likeness (QED) is 0.178. The van der Waals surface area contributed by atoms with Gasteiger partial charge < -0.3 is 14.8 Å². The van der Waals surface area contributed by atoms with Crippen molar-refractivity contribution in [1.29, 1.82) is 0 Å². The highest BCUT2D eigenvalue weighted by Gasteiger charge is 2.32. The maximum absolute atomic E-state index is 14.5. The predicted octanol–water partition coefficient (Wildman–Crippen LogP) is 7.38. The highest BCUT2D eigenvalue weighted by Crippen LogP contribution is 2.33. The lowest BCUT2D eigenvalue weighted by Crippen LogP contribution is -2.40. The minimum absolute atomic E-state index is 0.246. The number of benzene rings is 5. The second-order valence-electron chi connectivity index (χ2n) is 11.3. The molecule has 1 aliphatic heterocycles. The van der Waals surface area contributed by atoms with Crippen molar-refractivity contribution < 1.29 is 14.3 Å². The highest BCUT2D eigenvalue weighted by molar-refractivity contribution is 9.10. The molecule has 0 bridgehead atoms. The van der Waals surface area contributed by atoms with Gasteiger partial charge in [-0.3, -0.25) is 14.2 Å². The number of halogens is 1. The maximum atomic E-state index is 14.5. The Kier molecular flexibility index (Phi) is 8.80. The average molecular weight is 717 g/mol. The van der Waals surface area contributed by atoms with Crippen molar-refractivity contribution in [3.63, 3.8) is 0 Å². The number of hydrogen-bond acceptors (Lipinski definition) is 6. The first-order valence-corrected chi connectivity index (χ1v) is 16.9. The van der Waals surface area contributed by atoms with E-state index in [1.807, 2.05) is 128 Å². The number of nitrogens with zero attached hydrogens (tertiary/aromatic N) is 2. The van der Waals surface area contributed by atoms with Crippen LogP contribution >= 0.6 is 27.3 Å². The van der Waals surface area contributed by atoms with Crippen molar-refractivity contribution in [2.24, 2.45) is 4.99 Å². The Morgan fingerprint density at radius 3 is 2.42 bits per heavy atom. The molecule has 1 amide bonds. The van der Waals surface area contributed by atoms with Crippen LogP contribution in [0.15, 0.2) is 141 Å². The number of allylic oxidation sites excluding steroid dienone is 1. The van der Waals surface area contributed by atoms with Crippen molar-refractivity contribution in [1.82, 2.24) is 4.57 Å². The number of amides is 1. The van der Waals surface area contributed by atoms with Gasteiger partial charge in [0.15, 0.2) is 4.80 Å². The van der Waals surface area contributed by atoms with Crippen LogP contribution in [0.3, 0.4) is 0 Å². The van der Waals surface area contributed by atoms with Gasteiger partial charge in [0.25, 0.3) is 11.5 Å². The first-order valence-electron chi connectivity index (χ1n) is 15.3. The summed E-state index contributed by atoms with van der Waals surface area (Å²) < 4.78 is 14.9. The number of methoxy groups -OCH3 is 1. The Morgan fingerprint density at radius 1 is 0.938 bits per heavy atom. The molecule has 7 nitrogen and oxygen atoms in total. The Balaban J connectivity index is 1.37. The maximum Gasteiger partial charge on any atom is 0.271 e. The smallest absolute Gasteiger partial charge is 0.271 e. The van der Waals surface area contributed by atoms with Crippen LogP contribution in [0.2, 0.25) is 0 Å². The standard InChI is InChI=1S/C39H30BrN3O4S/c1-24-35(37(44)42-29-9-4-3-5-10-29)36(27-14-19-30(46-2)20-15-27)43-38(45)34(48-39(43)41-24)22-32-31-11-7-6-8-26(31)16-21-33(32)47-23-25-12-17-28(40)18-13-25/h3-22,36H,23H2,1-2H3,(H,42,44)/b34-22+/t36-/m1/s1. The number of carbonyl (C=O) groups excluding carboxylic acids is 1. The molecule has 5 aromatic carbocycles. The normalized spacial score (nSPS) is 14.4. The predicted molar refractivity (Wildman–Crippen MR) is 194 cm³/mol. The monoisotopic (exact) mass is 715 g/mol. The van der Waals surface area contributed by atoms with Crippen LogP contribution in [0.5, 0.6) is 11.5 Å². The van der Waals surface area contributed by atoms with E-state index in [0.717, 1.165) is 31.9 Å². The number of fused-ring (bicyclic) bond motifs is 2. The molecule has 0 aliphatic carbocycles. The molecule has 2 heterocycles. The molecule has 0 radical (unpaired) electrons. The van der Waals surface area contributed by atoms with Crippen molar-refractivity contribution in [3.8, 4) is 11.5 Å². The number of nitrogens with one attached hydrogen (secondary N) is 1. The van der Waals surface area contributed by atoms with Crippen LogP contribution in [0.1, 0.15) is 29.7 Å². The van der Waals surface area contributed by atoms with Crippen molar-refractivity contribution in [2.45, 2.75) is 19.6 Å². The number of thiazole rings is 1. The largest absolute Gasteiger partial charge is 0.497 e. The SMILES string of the molecule is COc1ccc([C@@H]2C(C(=O)Nc3ccccc3)=C(C)N=c3s/c(=C/c4c(OCc5ccc(Br)cc5)ccc5ccccc45)c(=O)n32)cc1. The molecule has 0 unspecified atom stereocenters. The third-order valence-electron chi connectivity index (χ3n) is 8.24. The number of hydrogen-bond donors (Lipinski definition) is 1. The van der Waals surface area contributed by atoms with E-state index in [0.29, 0.717) is 44.4 Å². The molecule has 1 aliphatic rings. The van der Waals surface area contributed by atoms with Gasteiger partial charge in [-0.2, -0.15) is 0 Å². The van der Waals surface area contributed by atoms with Crippen molar-refractivity contribution in [3.05, 3.63) is 167 Å². The summed E-state index contributed by atoms with van der Waals surface area (Å²) in [5, 5.41) is 4.99. The summed E-state index contributed by atoms with van der Waals surface area (Å²) in [6.45, 7) is 2.18. The Labute approximate surface area is 289 Å². The summed E-state index contributed by atoms with van der Waals surface area (Å²) in [6.07, 6.45) is 1.89. The van der Waals surface area contributed by atoms with Gasteiger partial charge in [0.05, 0.1) is 29.0 Å². The molecule has 1 N–H and O–H groups in total. The minimum Gasteiger partial charge on any atom is -0.497 e. The molecule has 0 fully saturated rings. The third-order valence-corrected chi connectivity index (χ3v) is 9.75. The molecule has 9 heteroatoms. The summed E-state index contributed by atoms with van der Waals surface area (Å²) in [5.41, 5.74) is 3.93. The third kappa shape index (κ3) is 6.22. The van der Waals surface area contributed by atoms with E-state index in [2.05, 4.69) is 21.2 Å². The molecule has 1 aromatic heterocycles. The number of rotatable bonds is 8. The number of para-hydroxylation sites is 1. The lowest BCUT2D eigenvalue weighted by atomic mass is 9.95. The number of anilines is 1. The van der Waals surface area contributed by atoms with Gasteiger partial charge in [0.2, 0.25) is 0 Å². The molecular formula is C39H30BrN3O4S. The fraction of sp³-hybridized carbons (Fsp3) is 0.103. The number of ether oxygens (including phenoxy) is 2. The van der Waals surface area contributed by atoms with E-state index in [-0.39, 0.29) is 11.5 Å². The molecular weight excluding hydrogens is 686 g/mol. The zero-order valence-electron chi connectivity index (χ0n) is 26.1. The van der Waals surface area contributed by atoms with Gasteiger partial charge in [-0.1, -0.05) is 100 Å². The summed E-state index contributed by atoms with van der Waals surface area (Å²) in [7, 11) is 1.60. The molecule has 0 saturated carbocycles. The van der Waals surface area contributed by atoms with Crippen LogP contribution in [-0.4, -0.2) is 17.6 Å². The van der Waals surface area contributed by atoms with Gasteiger partial charge >= 0.3 is 0 Å². The Hall–Kier alpha value is -5.25. The summed E-state index contributed by atoms with van der Waals surface area (Å²) in [4.78, 5) is 33.7. The molecule has 0 saturated heterocycles. The van der Waals surface area contributed by atoms with Gasteiger partial charge in [-0.05, 0) is 77.4 Å². The molecule has 6 aromatic rings. The summed E-state index contributed by atoms with van der Waals surface area (Å²) in [6, 6.07) is 36.0. The van der Waals surface area contributed by atoms with Gasteiger partial charge in [-0.25, -0.2) is 4.99 Å². The van der Waals surface area contributed by atoms with Gasteiger partial charge in [0, 0.05) is 15.7 Å². The van der Waals surface area contributed by atoms with E-state index < -0.39 is 6.04 Å². The Bertz CT molecular complexity index is 2360.